The number of carbonyl (C=O) groups excluding carboxylic acids is 2. The highest BCUT2D eigenvalue weighted by Crippen LogP contribution is 2.30. The van der Waals surface area contributed by atoms with Gasteiger partial charge in [-0.1, -0.05) is 24.3 Å². The number of esters is 1. The van der Waals surface area contributed by atoms with Gasteiger partial charge in [-0.25, -0.2) is 0 Å². The van der Waals surface area contributed by atoms with Crippen LogP contribution in [-0.4, -0.2) is 22.6 Å². The number of benzene rings is 2. The van der Waals surface area contributed by atoms with E-state index in [1.807, 2.05) is 31.2 Å². The maximum atomic E-state index is 11.9. The summed E-state index contributed by atoms with van der Waals surface area (Å²) < 4.78 is 5.19. The van der Waals surface area contributed by atoms with Gasteiger partial charge in [0.2, 0.25) is 5.91 Å². The number of hydrogen-bond acceptors (Lipinski definition) is 6. The average molecular weight is 360 g/mol. The monoisotopic (exact) mass is 360 g/mol. The minimum atomic E-state index is -0.753. The highest BCUT2D eigenvalue weighted by molar-refractivity contribution is 8.00. The minimum absolute atomic E-state index is 0.0400. The first-order chi connectivity index (χ1) is 11.9. The van der Waals surface area contributed by atoms with Crippen LogP contribution in [0.4, 0.5) is 5.69 Å². The van der Waals surface area contributed by atoms with Crippen molar-refractivity contribution in [3.8, 4) is 0 Å². The van der Waals surface area contributed by atoms with Crippen molar-refractivity contribution < 1.29 is 19.2 Å². The second-order valence-corrected chi connectivity index (χ2v) is 6.20. The van der Waals surface area contributed by atoms with E-state index < -0.39 is 16.8 Å². The predicted molar refractivity (Wildman–Crippen MR) is 93.3 cm³/mol. The molecule has 0 aliphatic carbocycles. The molecule has 0 saturated carbocycles. The van der Waals surface area contributed by atoms with E-state index in [0.717, 1.165) is 29.0 Å². The zero-order valence-corrected chi connectivity index (χ0v) is 14.2. The Labute approximate surface area is 148 Å². The molecule has 0 atom stereocenters. The van der Waals surface area contributed by atoms with Gasteiger partial charge in [-0.05, 0) is 30.2 Å². The first kappa shape index (κ1) is 18.5. The van der Waals surface area contributed by atoms with Crippen molar-refractivity contribution >= 4 is 29.3 Å². The molecule has 0 bridgehead atoms. The maximum absolute atomic E-state index is 11.9. The zero-order chi connectivity index (χ0) is 18.4. The Bertz CT molecular complexity index is 822. The molecular weight excluding hydrogens is 344 g/mol. The molecule has 0 aliphatic rings. The van der Waals surface area contributed by atoms with Gasteiger partial charge in [0.15, 0.2) is 0 Å². The van der Waals surface area contributed by atoms with Gasteiger partial charge in [0.25, 0.3) is 5.69 Å². The van der Waals surface area contributed by atoms with Gasteiger partial charge in [-0.2, -0.15) is 0 Å². The molecule has 0 heterocycles. The predicted octanol–water partition coefficient (Wildman–Crippen LogP) is 2.84. The quantitative estimate of drug-likeness (QED) is 0.352. The molecule has 0 unspecified atom stereocenters. The number of carbonyl (C=O) groups is 2. The van der Waals surface area contributed by atoms with Crippen LogP contribution < -0.4 is 5.73 Å². The second kappa shape index (κ2) is 8.29. The van der Waals surface area contributed by atoms with E-state index >= 15 is 0 Å². The lowest BCUT2D eigenvalue weighted by Crippen LogP contribution is -2.11. The molecule has 2 N–H and O–H groups in total. The fraction of sp³-hybridized carbons (Fsp3) is 0.176. The maximum Gasteiger partial charge on any atom is 0.316 e. The molecule has 8 heteroatoms. The van der Waals surface area contributed by atoms with Gasteiger partial charge in [0.1, 0.15) is 6.61 Å². The summed E-state index contributed by atoms with van der Waals surface area (Å²) in [7, 11) is 0. The van der Waals surface area contributed by atoms with Gasteiger partial charge in [-0.15, -0.1) is 11.8 Å². The van der Waals surface area contributed by atoms with Crippen molar-refractivity contribution in [2.75, 3.05) is 5.75 Å². The Balaban J connectivity index is 1.98. The number of rotatable bonds is 7. The highest BCUT2D eigenvalue weighted by atomic mass is 32.2. The largest absolute Gasteiger partial charge is 0.460 e. The highest BCUT2D eigenvalue weighted by Gasteiger charge is 2.18. The van der Waals surface area contributed by atoms with Crippen LogP contribution in [0.2, 0.25) is 0 Å². The summed E-state index contributed by atoms with van der Waals surface area (Å²) in [6.45, 7) is 2.07. The molecule has 2 aromatic rings. The molecule has 130 valence electrons. The molecule has 0 aliphatic heterocycles. The van der Waals surface area contributed by atoms with Crippen molar-refractivity contribution in [2.45, 2.75) is 18.4 Å². The zero-order valence-electron chi connectivity index (χ0n) is 13.4. The lowest BCUT2D eigenvalue weighted by Gasteiger charge is -2.08. The molecule has 0 spiro atoms. The van der Waals surface area contributed by atoms with E-state index in [-0.39, 0.29) is 28.5 Å². The van der Waals surface area contributed by atoms with Crippen LogP contribution in [0.15, 0.2) is 47.4 Å². The number of nitro groups is 1. The molecule has 7 nitrogen and oxygen atoms in total. The third-order valence-corrected chi connectivity index (χ3v) is 4.47. The Morgan fingerprint density at radius 3 is 2.60 bits per heavy atom. The molecule has 0 fully saturated rings. The third kappa shape index (κ3) is 5.05. The van der Waals surface area contributed by atoms with E-state index in [9.17, 15) is 19.7 Å². The Morgan fingerprint density at radius 2 is 1.96 bits per heavy atom. The number of nitrogens with two attached hydrogens (primary N) is 1. The van der Waals surface area contributed by atoms with Gasteiger partial charge in [-0.3, -0.25) is 19.7 Å². The number of hydrogen-bond donors (Lipinski definition) is 1. The normalized spacial score (nSPS) is 10.3. The average Bonchev–Trinajstić information content (AvgIpc) is 2.58. The Hall–Kier alpha value is -2.87. The van der Waals surface area contributed by atoms with Crippen molar-refractivity contribution in [2.24, 2.45) is 5.73 Å². The van der Waals surface area contributed by atoms with Gasteiger partial charge < -0.3 is 10.5 Å². The standard InChI is InChI=1S/C17H16N2O5S/c1-11-4-2-3-5-13(11)9-24-16(20)10-25-15-7-6-12(17(18)21)8-14(15)19(22)23/h2-8H,9-10H2,1H3,(H2,18,21). The van der Waals surface area contributed by atoms with Gasteiger partial charge >= 0.3 is 5.97 Å². The van der Waals surface area contributed by atoms with Crippen molar-refractivity contribution in [3.05, 3.63) is 69.3 Å². The molecule has 0 aromatic heterocycles. The summed E-state index contributed by atoms with van der Waals surface area (Å²) >= 11 is 0.975. The van der Waals surface area contributed by atoms with E-state index in [0.29, 0.717) is 0 Å². The lowest BCUT2D eigenvalue weighted by atomic mass is 10.1. The SMILES string of the molecule is Cc1ccccc1COC(=O)CSc1ccc(C(N)=O)cc1[N+](=O)[O-]. The topological polar surface area (TPSA) is 113 Å². The summed E-state index contributed by atoms with van der Waals surface area (Å²) in [5, 5.41) is 11.1. The number of aryl methyl sites for hydroxylation is 1. The van der Waals surface area contributed by atoms with Crippen LogP contribution in [0.3, 0.4) is 0 Å². The Morgan fingerprint density at radius 1 is 1.24 bits per heavy atom. The summed E-state index contributed by atoms with van der Waals surface area (Å²) in [6.07, 6.45) is 0. The van der Waals surface area contributed by atoms with Crippen molar-refractivity contribution in [3.63, 3.8) is 0 Å². The van der Waals surface area contributed by atoms with Gasteiger partial charge in [0.05, 0.1) is 15.6 Å². The molecule has 2 rings (SSSR count). The summed E-state index contributed by atoms with van der Waals surface area (Å²) in [6, 6.07) is 11.4. The van der Waals surface area contributed by atoms with Crippen LogP contribution in [0.1, 0.15) is 21.5 Å². The minimum Gasteiger partial charge on any atom is -0.460 e. The first-order valence-electron chi connectivity index (χ1n) is 7.29. The van der Waals surface area contributed by atoms with Crippen molar-refractivity contribution in [1.82, 2.24) is 0 Å². The third-order valence-electron chi connectivity index (χ3n) is 3.44. The van der Waals surface area contributed by atoms with Crippen LogP contribution in [0.5, 0.6) is 0 Å². The lowest BCUT2D eigenvalue weighted by molar-refractivity contribution is -0.387. The molecule has 0 radical (unpaired) electrons. The fourth-order valence-electron chi connectivity index (χ4n) is 2.04. The first-order valence-corrected chi connectivity index (χ1v) is 8.28. The van der Waals surface area contributed by atoms with Crippen molar-refractivity contribution in [1.29, 1.82) is 0 Å². The summed E-state index contributed by atoms with van der Waals surface area (Å²) in [5.74, 6) is -1.32. The number of thioether (sulfide) groups is 1. The molecular formula is C17H16N2O5S. The summed E-state index contributed by atoms with van der Waals surface area (Å²) in [4.78, 5) is 33.8. The number of nitro benzene ring substituents is 1. The smallest absolute Gasteiger partial charge is 0.316 e. The fourth-order valence-corrected chi connectivity index (χ4v) is 2.85. The molecule has 2 aromatic carbocycles. The van der Waals surface area contributed by atoms with Crippen LogP contribution >= 0.6 is 11.8 Å². The Kier molecular flexibility index (Phi) is 6.13. The summed E-state index contributed by atoms with van der Waals surface area (Å²) in [5.41, 5.74) is 6.80. The molecule has 25 heavy (non-hydrogen) atoms. The van der Waals surface area contributed by atoms with E-state index in [4.69, 9.17) is 10.5 Å². The van der Waals surface area contributed by atoms with Crippen LogP contribution in [-0.2, 0) is 16.1 Å². The number of primary amides is 1. The number of nitrogens with zero attached hydrogens (tertiary/aromatic N) is 1. The molecule has 1 amide bonds. The van der Waals surface area contributed by atoms with Crippen LogP contribution in [0.25, 0.3) is 0 Å². The van der Waals surface area contributed by atoms with E-state index in [2.05, 4.69) is 0 Å². The van der Waals surface area contributed by atoms with E-state index in [1.165, 1.54) is 12.1 Å². The second-order valence-electron chi connectivity index (χ2n) is 5.18. The molecule has 0 saturated heterocycles. The van der Waals surface area contributed by atoms with E-state index in [1.54, 1.807) is 0 Å². The van der Waals surface area contributed by atoms with Gasteiger partial charge in [0, 0.05) is 11.6 Å². The number of amides is 1. The van der Waals surface area contributed by atoms with Crippen LogP contribution in [0, 0.1) is 17.0 Å². The number of ether oxygens (including phenoxy) is 1.